The van der Waals surface area contributed by atoms with Gasteiger partial charge in [-0.15, -0.1) is 0 Å². The van der Waals surface area contributed by atoms with Crippen LogP contribution in [0.3, 0.4) is 0 Å². The van der Waals surface area contributed by atoms with E-state index in [-0.39, 0.29) is 18.9 Å². The summed E-state index contributed by atoms with van der Waals surface area (Å²) in [6.45, 7) is 1.87. The van der Waals surface area contributed by atoms with Gasteiger partial charge in [-0.05, 0) is 42.7 Å². The van der Waals surface area contributed by atoms with Crippen LogP contribution in [0, 0.1) is 6.92 Å². The lowest BCUT2D eigenvalue weighted by atomic mass is 10.0. The first-order valence-electron chi connectivity index (χ1n) is 7.57. The summed E-state index contributed by atoms with van der Waals surface area (Å²) in [5.74, 6) is -0.323. The number of likely N-dealkylation sites (tertiary alicyclic amines) is 1. The summed E-state index contributed by atoms with van der Waals surface area (Å²) < 4.78 is 38.8. The van der Waals surface area contributed by atoms with Crippen LogP contribution in [0.4, 0.5) is 13.2 Å². The molecule has 3 rings (SSSR count). The van der Waals surface area contributed by atoms with Crippen LogP contribution in [0.2, 0.25) is 0 Å². The van der Waals surface area contributed by atoms with Gasteiger partial charge >= 0.3 is 6.18 Å². The predicted octanol–water partition coefficient (Wildman–Crippen LogP) is 3.29. The average Bonchev–Trinajstić information content (AvgIpc) is 3.12. The number of alkyl halides is 3. The van der Waals surface area contributed by atoms with E-state index < -0.39 is 23.9 Å². The van der Waals surface area contributed by atoms with Crippen molar-refractivity contribution in [3.63, 3.8) is 0 Å². The molecule has 0 radical (unpaired) electrons. The lowest BCUT2D eigenvalue weighted by molar-refractivity contribution is -0.137. The molecular formula is C17H17F3N2O2. The van der Waals surface area contributed by atoms with Crippen LogP contribution >= 0.6 is 0 Å². The lowest BCUT2D eigenvalue weighted by Gasteiger charge is -2.25. The van der Waals surface area contributed by atoms with Crippen LogP contribution in [-0.2, 0) is 6.18 Å². The van der Waals surface area contributed by atoms with Gasteiger partial charge in [-0.3, -0.25) is 4.79 Å². The molecule has 24 heavy (non-hydrogen) atoms. The number of carbonyl (C=O) groups is 1. The van der Waals surface area contributed by atoms with Crippen molar-refractivity contribution in [1.29, 1.82) is 0 Å². The Kier molecular flexibility index (Phi) is 4.13. The zero-order valence-corrected chi connectivity index (χ0v) is 13.0. The summed E-state index contributed by atoms with van der Waals surface area (Å²) >= 11 is 0. The van der Waals surface area contributed by atoms with Gasteiger partial charge in [0.25, 0.3) is 5.91 Å². The van der Waals surface area contributed by atoms with E-state index in [9.17, 15) is 23.1 Å². The summed E-state index contributed by atoms with van der Waals surface area (Å²) in [5.41, 5.74) is 0.758. The summed E-state index contributed by atoms with van der Waals surface area (Å²) in [5, 5.41) is 9.95. The molecule has 1 aromatic carbocycles. The minimum absolute atomic E-state index is 0.0954. The first kappa shape index (κ1) is 16.6. The van der Waals surface area contributed by atoms with Crippen molar-refractivity contribution in [1.82, 2.24) is 9.88 Å². The van der Waals surface area contributed by atoms with E-state index in [0.29, 0.717) is 11.3 Å². The number of rotatable bonds is 2. The van der Waals surface area contributed by atoms with Gasteiger partial charge in [-0.1, -0.05) is 12.1 Å². The van der Waals surface area contributed by atoms with Gasteiger partial charge in [0, 0.05) is 12.7 Å². The van der Waals surface area contributed by atoms with Crippen LogP contribution in [-0.4, -0.2) is 33.5 Å². The van der Waals surface area contributed by atoms with E-state index in [4.69, 9.17) is 0 Å². The Morgan fingerprint density at radius 3 is 2.71 bits per heavy atom. The van der Waals surface area contributed by atoms with Crippen molar-refractivity contribution in [2.75, 3.05) is 6.54 Å². The van der Waals surface area contributed by atoms with Crippen molar-refractivity contribution < 1.29 is 23.1 Å². The molecule has 1 aromatic heterocycles. The molecule has 1 saturated heterocycles. The highest BCUT2D eigenvalue weighted by Gasteiger charge is 2.38. The van der Waals surface area contributed by atoms with Gasteiger partial charge in [0.05, 0.1) is 17.7 Å². The van der Waals surface area contributed by atoms with Crippen molar-refractivity contribution in [3.8, 4) is 0 Å². The molecule has 0 bridgehead atoms. The Morgan fingerprint density at radius 2 is 2.08 bits per heavy atom. The number of amides is 1. The zero-order valence-electron chi connectivity index (χ0n) is 13.0. The van der Waals surface area contributed by atoms with E-state index in [2.05, 4.69) is 4.98 Å². The van der Waals surface area contributed by atoms with Gasteiger partial charge in [-0.2, -0.15) is 13.2 Å². The summed E-state index contributed by atoms with van der Waals surface area (Å²) in [6.07, 6.45) is -3.36. The Bertz CT molecular complexity index is 754. The maximum Gasteiger partial charge on any atom is 0.416 e. The number of halogens is 3. The molecule has 1 aliphatic rings. The highest BCUT2D eigenvalue weighted by atomic mass is 19.4. The summed E-state index contributed by atoms with van der Waals surface area (Å²) in [6, 6.07) is 6.09. The Morgan fingerprint density at radius 1 is 1.33 bits per heavy atom. The topological polar surface area (TPSA) is 56.3 Å². The van der Waals surface area contributed by atoms with Crippen LogP contribution in [0.15, 0.2) is 36.5 Å². The molecule has 128 valence electrons. The maximum atomic E-state index is 12.9. The van der Waals surface area contributed by atoms with Crippen molar-refractivity contribution in [2.45, 2.75) is 31.7 Å². The molecule has 1 amide bonds. The predicted molar refractivity (Wildman–Crippen MR) is 81.4 cm³/mol. The molecule has 4 nitrogen and oxygen atoms in total. The molecule has 2 aromatic rings. The second-order valence-electron chi connectivity index (χ2n) is 6.02. The van der Waals surface area contributed by atoms with Gasteiger partial charge in [0.1, 0.15) is 5.69 Å². The third-order valence-electron chi connectivity index (χ3n) is 4.31. The molecule has 2 N–H and O–H groups in total. The van der Waals surface area contributed by atoms with Crippen LogP contribution < -0.4 is 0 Å². The Labute approximate surface area is 136 Å². The number of H-pyrrole nitrogens is 1. The highest BCUT2D eigenvalue weighted by Crippen LogP contribution is 2.36. The number of hydrogen-bond donors (Lipinski definition) is 2. The smallest absolute Gasteiger partial charge is 0.391 e. The maximum absolute atomic E-state index is 12.9. The van der Waals surface area contributed by atoms with Gasteiger partial charge in [0.2, 0.25) is 0 Å². The fraction of sp³-hybridized carbons (Fsp3) is 0.353. The minimum atomic E-state index is -4.45. The van der Waals surface area contributed by atoms with Crippen molar-refractivity contribution in [3.05, 3.63) is 58.9 Å². The number of aliphatic hydroxyl groups is 1. The largest absolute Gasteiger partial charge is 0.416 e. The van der Waals surface area contributed by atoms with Gasteiger partial charge in [0.15, 0.2) is 0 Å². The lowest BCUT2D eigenvalue weighted by Crippen LogP contribution is -2.32. The fourth-order valence-electron chi connectivity index (χ4n) is 3.10. The standard InChI is InChI=1S/C17H17F3N2O2/c1-10-5-6-21-15(10)16(24)22-9-13(23)8-14(22)11-3-2-4-12(7-11)17(18,19)20/h2-7,13-14,21,23H,8-9H2,1H3/t13-,14-/m0/s1. The molecule has 1 fully saturated rings. The molecule has 2 heterocycles. The van der Waals surface area contributed by atoms with E-state index in [1.165, 1.54) is 11.0 Å². The number of aryl methyl sites for hydroxylation is 1. The normalized spacial score (nSPS) is 21.3. The van der Waals surface area contributed by atoms with Crippen molar-refractivity contribution >= 4 is 5.91 Å². The van der Waals surface area contributed by atoms with Gasteiger partial charge < -0.3 is 15.0 Å². The molecule has 0 unspecified atom stereocenters. The number of β-amino-alcohol motifs (C(OH)–C–C–N with tert-alkyl or cyclic N) is 1. The van der Waals surface area contributed by atoms with Crippen LogP contribution in [0.5, 0.6) is 0 Å². The number of carbonyl (C=O) groups excluding carboxylic acids is 1. The number of aromatic amines is 1. The molecule has 0 aliphatic carbocycles. The molecular weight excluding hydrogens is 321 g/mol. The number of nitrogens with zero attached hydrogens (tertiary/aromatic N) is 1. The average molecular weight is 338 g/mol. The highest BCUT2D eigenvalue weighted by molar-refractivity contribution is 5.94. The number of aromatic nitrogens is 1. The van der Waals surface area contributed by atoms with Crippen LogP contribution in [0.25, 0.3) is 0 Å². The molecule has 0 saturated carbocycles. The number of nitrogens with one attached hydrogen (secondary N) is 1. The molecule has 7 heteroatoms. The molecule has 0 spiro atoms. The fourth-order valence-corrected chi connectivity index (χ4v) is 3.10. The number of hydrogen-bond acceptors (Lipinski definition) is 2. The van der Waals surface area contributed by atoms with Crippen LogP contribution in [0.1, 0.15) is 39.6 Å². The van der Waals surface area contributed by atoms with Gasteiger partial charge in [-0.25, -0.2) is 0 Å². The zero-order chi connectivity index (χ0) is 17.5. The van der Waals surface area contributed by atoms with E-state index >= 15 is 0 Å². The summed E-state index contributed by atoms with van der Waals surface area (Å²) in [4.78, 5) is 17.0. The SMILES string of the molecule is Cc1cc[nH]c1C(=O)N1C[C@@H](O)C[C@H]1c1cccc(C(F)(F)F)c1. The monoisotopic (exact) mass is 338 g/mol. The van der Waals surface area contributed by atoms with E-state index in [1.54, 1.807) is 25.3 Å². The first-order chi connectivity index (χ1) is 11.3. The molecule has 1 aliphatic heterocycles. The number of aliphatic hydroxyl groups excluding tert-OH is 1. The third kappa shape index (κ3) is 3.03. The van der Waals surface area contributed by atoms with E-state index in [0.717, 1.165) is 17.7 Å². The third-order valence-corrected chi connectivity index (χ3v) is 4.31. The van der Waals surface area contributed by atoms with E-state index in [1.807, 2.05) is 0 Å². The second-order valence-corrected chi connectivity index (χ2v) is 6.02. The first-order valence-corrected chi connectivity index (χ1v) is 7.57. The Balaban J connectivity index is 1.94. The molecule has 2 atom stereocenters. The Hall–Kier alpha value is -2.28. The second kappa shape index (κ2) is 5.98. The quantitative estimate of drug-likeness (QED) is 0.883. The van der Waals surface area contributed by atoms with Crippen molar-refractivity contribution in [2.24, 2.45) is 0 Å². The summed E-state index contributed by atoms with van der Waals surface area (Å²) in [7, 11) is 0. The number of benzene rings is 1. The minimum Gasteiger partial charge on any atom is -0.391 e.